The van der Waals surface area contributed by atoms with Crippen molar-refractivity contribution < 1.29 is 14.6 Å². The first kappa shape index (κ1) is 23.4. The van der Waals surface area contributed by atoms with Gasteiger partial charge in [-0.2, -0.15) is 5.21 Å². The summed E-state index contributed by atoms with van der Waals surface area (Å²) in [5.41, 5.74) is 0.616. The number of aromatic nitrogens is 4. The number of aliphatic hydroxyl groups excluding tert-OH is 1. The predicted molar refractivity (Wildman–Crippen MR) is 124 cm³/mol. The van der Waals surface area contributed by atoms with Crippen molar-refractivity contribution in [3.63, 3.8) is 0 Å². The second-order valence-electron chi connectivity index (χ2n) is 12.3. The number of tetrazole rings is 1. The molecule has 7 heteroatoms. The number of H-pyrrole nitrogens is 1. The minimum atomic E-state index is -0.179. The second-order valence-corrected chi connectivity index (χ2v) is 12.3. The van der Waals surface area contributed by atoms with E-state index in [4.69, 9.17) is 4.74 Å². The van der Waals surface area contributed by atoms with Crippen LogP contribution in [-0.2, 0) is 4.74 Å². The molecule has 1 aromatic rings. The number of carbonyl (C=O) groups is 1. The van der Waals surface area contributed by atoms with Crippen molar-refractivity contribution >= 4 is 5.78 Å². The fourth-order valence-electron chi connectivity index (χ4n) is 9.32. The zero-order valence-electron chi connectivity index (χ0n) is 20.8. The van der Waals surface area contributed by atoms with E-state index in [1.807, 2.05) is 7.11 Å². The molecule has 10 atom stereocenters. The van der Waals surface area contributed by atoms with Crippen molar-refractivity contribution in [3.8, 4) is 0 Å². The van der Waals surface area contributed by atoms with Gasteiger partial charge in [-0.3, -0.25) is 4.79 Å². The van der Waals surface area contributed by atoms with Gasteiger partial charge in [-0.05, 0) is 109 Å². The molecule has 1 aromatic heterocycles. The van der Waals surface area contributed by atoms with Crippen molar-refractivity contribution in [2.24, 2.45) is 46.3 Å². The molecule has 0 bridgehead atoms. The fraction of sp³-hybridized carbons (Fsp3) is 0.923. The topological polar surface area (TPSA) is 101 Å². The van der Waals surface area contributed by atoms with Gasteiger partial charge in [0.05, 0.1) is 12.2 Å². The van der Waals surface area contributed by atoms with E-state index in [0.29, 0.717) is 53.4 Å². The highest BCUT2D eigenvalue weighted by atomic mass is 16.5. The highest BCUT2D eigenvalue weighted by Crippen LogP contribution is 2.68. The molecule has 4 aliphatic rings. The van der Waals surface area contributed by atoms with Gasteiger partial charge in [-0.25, -0.2) is 0 Å². The molecule has 33 heavy (non-hydrogen) atoms. The molecule has 4 saturated carbocycles. The molecular weight excluding hydrogens is 416 g/mol. The predicted octanol–water partition coefficient (Wildman–Crippen LogP) is 4.44. The van der Waals surface area contributed by atoms with E-state index in [0.717, 1.165) is 19.3 Å². The van der Waals surface area contributed by atoms with Gasteiger partial charge in [0.25, 0.3) is 0 Å². The lowest BCUT2D eigenvalue weighted by Crippen LogP contribution is -2.58. The molecule has 0 saturated heterocycles. The second kappa shape index (κ2) is 8.71. The average molecular weight is 459 g/mol. The van der Waals surface area contributed by atoms with Gasteiger partial charge in [0, 0.05) is 13.5 Å². The lowest BCUT2D eigenvalue weighted by Gasteiger charge is -2.62. The number of aromatic amines is 1. The first-order valence-corrected chi connectivity index (χ1v) is 13.3. The summed E-state index contributed by atoms with van der Waals surface area (Å²) in [5.74, 6) is 3.53. The van der Waals surface area contributed by atoms with Crippen molar-refractivity contribution in [3.05, 3.63) is 5.82 Å². The van der Waals surface area contributed by atoms with Crippen LogP contribution in [0.4, 0.5) is 0 Å². The molecule has 184 valence electrons. The SMILES string of the molecule is CO[C@@H]1CC[C@@]2(C)[C@@H](C1)C[C@@H](O)[C@@H]1[C@@H]2CC[C@]2(C)[C@@H]([C@H](C)CCC(=O)c3nn[nH]n3)CC[C@@H]12. The Morgan fingerprint density at radius 3 is 2.64 bits per heavy atom. The summed E-state index contributed by atoms with van der Waals surface area (Å²) in [4.78, 5) is 12.4. The van der Waals surface area contributed by atoms with Gasteiger partial charge in [0.1, 0.15) is 0 Å². The number of nitrogens with zero attached hydrogens (tertiary/aromatic N) is 3. The molecule has 1 heterocycles. The number of methoxy groups -OCH3 is 1. The van der Waals surface area contributed by atoms with Gasteiger partial charge in [-0.1, -0.05) is 20.8 Å². The molecule has 0 amide bonds. The van der Waals surface area contributed by atoms with Crippen molar-refractivity contribution in [1.82, 2.24) is 20.6 Å². The maximum Gasteiger partial charge on any atom is 0.240 e. The number of ether oxygens (including phenoxy) is 1. The summed E-state index contributed by atoms with van der Waals surface area (Å²) >= 11 is 0. The number of hydrogen-bond acceptors (Lipinski definition) is 6. The van der Waals surface area contributed by atoms with Crippen LogP contribution >= 0.6 is 0 Å². The molecule has 0 unspecified atom stereocenters. The van der Waals surface area contributed by atoms with Crippen LogP contribution in [0.15, 0.2) is 0 Å². The minimum Gasteiger partial charge on any atom is -0.393 e. The third kappa shape index (κ3) is 3.78. The van der Waals surface area contributed by atoms with E-state index in [1.54, 1.807) is 0 Å². The van der Waals surface area contributed by atoms with Crippen molar-refractivity contribution in [2.45, 2.75) is 97.2 Å². The summed E-state index contributed by atoms with van der Waals surface area (Å²) in [5, 5.41) is 25.0. The monoisotopic (exact) mass is 458 g/mol. The molecule has 0 aliphatic heterocycles. The van der Waals surface area contributed by atoms with Gasteiger partial charge >= 0.3 is 0 Å². The van der Waals surface area contributed by atoms with Crippen LogP contribution in [0.5, 0.6) is 0 Å². The number of Topliss-reactive ketones (excluding diaryl/α,β-unsaturated/α-hetero) is 1. The Hall–Kier alpha value is -1.34. The Kier molecular flexibility index (Phi) is 6.17. The van der Waals surface area contributed by atoms with Crippen molar-refractivity contribution in [1.29, 1.82) is 0 Å². The number of rotatable bonds is 6. The van der Waals surface area contributed by atoms with Crippen LogP contribution in [0.2, 0.25) is 0 Å². The quantitative estimate of drug-likeness (QED) is 0.611. The largest absolute Gasteiger partial charge is 0.393 e. The highest BCUT2D eigenvalue weighted by Gasteiger charge is 2.62. The Morgan fingerprint density at radius 1 is 1.15 bits per heavy atom. The summed E-state index contributed by atoms with van der Waals surface area (Å²) in [7, 11) is 1.84. The first-order chi connectivity index (χ1) is 15.8. The van der Waals surface area contributed by atoms with E-state index in [2.05, 4.69) is 41.4 Å². The Balaban J connectivity index is 1.29. The number of ketones is 1. The van der Waals surface area contributed by atoms with E-state index < -0.39 is 0 Å². The maximum absolute atomic E-state index is 12.4. The Labute approximate surface area is 197 Å². The molecule has 2 N–H and O–H groups in total. The standard InChI is InChI=1S/C26H42N4O3/c1-15(5-8-21(31)24-27-29-30-28-24)18-6-7-19-23-20(10-12-26(18,19)3)25(2)11-9-17(33-4)13-16(25)14-22(23)32/h15-20,22-23,32H,5-14H2,1-4H3,(H,27,28,29,30)/t15-,16+,17-,18-,19+,20+,22-,23+,25+,26-/m1/s1. The third-order valence-corrected chi connectivity index (χ3v) is 11.2. The third-order valence-electron chi connectivity index (χ3n) is 11.2. The summed E-state index contributed by atoms with van der Waals surface area (Å²) in [6, 6.07) is 0. The number of hydrogen-bond donors (Lipinski definition) is 2. The number of nitrogens with one attached hydrogen (secondary N) is 1. The van der Waals surface area contributed by atoms with Crippen LogP contribution < -0.4 is 0 Å². The van der Waals surface area contributed by atoms with Gasteiger partial charge in [0.2, 0.25) is 11.6 Å². The summed E-state index contributed by atoms with van der Waals surface area (Å²) < 4.78 is 5.73. The Bertz CT molecular complexity index is 847. The van der Waals surface area contributed by atoms with E-state index in [9.17, 15) is 9.90 Å². The van der Waals surface area contributed by atoms with Crippen LogP contribution in [0.3, 0.4) is 0 Å². The number of fused-ring (bicyclic) bond motifs is 5. The van der Waals surface area contributed by atoms with Crippen LogP contribution in [0.1, 0.15) is 95.6 Å². The minimum absolute atomic E-state index is 0.0210. The molecule has 0 aromatic carbocycles. The smallest absolute Gasteiger partial charge is 0.240 e. The van der Waals surface area contributed by atoms with Gasteiger partial charge in [0.15, 0.2) is 0 Å². The van der Waals surface area contributed by atoms with Gasteiger partial charge < -0.3 is 9.84 Å². The molecule has 5 rings (SSSR count). The molecule has 0 radical (unpaired) electrons. The number of aliphatic hydroxyl groups is 1. The zero-order chi connectivity index (χ0) is 23.4. The van der Waals surface area contributed by atoms with E-state index >= 15 is 0 Å². The van der Waals surface area contributed by atoms with Crippen LogP contribution in [0, 0.1) is 46.3 Å². The highest BCUT2D eigenvalue weighted by molar-refractivity contribution is 5.92. The molecule has 4 aliphatic carbocycles. The van der Waals surface area contributed by atoms with Crippen LogP contribution in [0.25, 0.3) is 0 Å². The van der Waals surface area contributed by atoms with Crippen molar-refractivity contribution in [2.75, 3.05) is 7.11 Å². The normalized spacial score (nSPS) is 45.7. The van der Waals surface area contributed by atoms with E-state index in [1.165, 1.54) is 38.5 Å². The van der Waals surface area contributed by atoms with E-state index in [-0.39, 0.29) is 23.1 Å². The summed E-state index contributed by atoms with van der Waals surface area (Å²) in [6.45, 7) is 7.37. The number of carbonyl (C=O) groups excluding carboxylic acids is 1. The van der Waals surface area contributed by atoms with Gasteiger partial charge in [-0.15, -0.1) is 10.2 Å². The lowest BCUT2D eigenvalue weighted by atomic mass is 9.43. The van der Waals surface area contributed by atoms with Crippen LogP contribution in [-0.4, -0.2) is 50.8 Å². The summed E-state index contributed by atoms with van der Waals surface area (Å²) in [6.07, 6.45) is 11.0. The maximum atomic E-state index is 12.4. The molecule has 7 nitrogen and oxygen atoms in total. The molecule has 4 fully saturated rings. The lowest BCUT2D eigenvalue weighted by molar-refractivity contribution is -0.176. The first-order valence-electron chi connectivity index (χ1n) is 13.3. The zero-order valence-corrected chi connectivity index (χ0v) is 20.8. The molecule has 0 spiro atoms. The Morgan fingerprint density at radius 2 is 1.91 bits per heavy atom. The fourth-order valence-corrected chi connectivity index (χ4v) is 9.32. The molecular formula is C26H42N4O3. The average Bonchev–Trinajstić information content (AvgIpc) is 3.45.